The topological polar surface area (TPSA) is 61.4 Å². The second-order valence-electron chi connectivity index (χ2n) is 7.33. The number of nitrogens with one attached hydrogen (secondary N) is 1. The van der Waals surface area contributed by atoms with E-state index in [1.54, 1.807) is 11.0 Å². The number of hydrogen-bond donors (Lipinski definition) is 1. The van der Waals surface area contributed by atoms with E-state index in [-0.39, 0.29) is 16.7 Å². The van der Waals surface area contributed by atoms with Crippen molar-refractivity contribution >= 4 is 29.1 Å². The summed E-state index contributed by atoms with van der Waals surface area (Å²) in [7, 11) is 0. The molecule has 1 aliphatic rings. The lowest BCUT2D eigenvalue weighted by Crippen LogP contribution is -2.50. The lowest BCUT2D eigenvalue weighted by molar-refractivity contribution is 0.208. The van der Waals surface area contributed by atoms with E-state index in [0.717, 1.165) is 23.5 Å². The summed E-state index contributed by atoms with van der Waals surface area (Å²) in [4.78, 5) is 16.2. The number of aromatic nitrogens is 2. The number of anilines is 2. The Bertz CT molecular complexity index is 1030. The number of benzene rings is 2. The van der Waals surface area contributed by atoms with Gasteiger partial charge in [0.2, 0.25) is 0 Å². The van der Waals surface area contributed by atoms with E-state index in [1.807, 2.05) is 12.1 Å². The Morgan fingerprint density at radius 3 is 2.39 bits per heavy atom. The van der Waals surface area contributed by atoms with Crippen LogP contribution in [0.15, 0.2) is 54.6 Å². The van der Waals surface area contributed by atoms with Crippen LogP contribution in [0.25, 0.3) is 11.3 Å². The Hall–Kier alpha value is -3.19. The highest BCUT2D eigenvalue weighted by Crippen LogP contribution is 2.25. The minimum absolute atomic E-state index is 0.00465. The Morgan fingerprint density at radius 1 is 1.03 bits per heavy atom. The van der Waals surface area contributed by atoms with Gasteiger partial charge >= 0.3 is 6.03 Å². The molecule has 1 N–H and O–H groups in total. The summed E-state index contributed by atoms with van der Waals surface area (Å²) in [6.07, 6.45) is 1.00. The largest absolute Gasteiger partial charge is 0.352 e. The van der Waals surface area contributed by atoms with Gasteiger partial charge in [-0.05, 0) is 36.2 Å². The SMILES string of the molecule is CCc1ccc(-c2ccc(N3CCN(C(=O)Nc4c(F)cccc4Cl)CC3)nn2)cc1. The Kier molecular flexibility index (Phi) is 6.32. The molecular formula is C23H23ClFN5O. The standard InChI is InChI=1S/C23H23ClFN5O/c1-2-16-6-8-17(9-7-16)20-10-11-21(28-27-20)29-12-14-30(15-13-29)23(31)26-22-18(24)4-3-5-19(22)25/h3-11H,2,12-15H2,1H3,(H,26,31). The molecule has 0 bridgehead atoms. The minimum atomic E-state index is -0.556. The van der Waals surface area contributed by atoms with Crippen molar-refractivity contribution in [2.75, 3.05) is 36.4 Å². The van der Waals surface area contributed by atoms with Crippen LogP contribution in [0.1, 0.15) is 12.5 Å². The van der Waals surface area contributed by atoms with Gasteiger partial charge in [-0.1, -0.05) is 48.9 Å². The normalized spacial score (nSPS) is 13.9. The molecule has 1 aromatic heterocycles. The van der Waals surface area contributed by atoms with Crippen LogP contribution >= 0.6 is 11.6 Å². The fraction of sp³-hybridized carbons (Fsp3) is 0.261. The summed E-state index contributed by atoms with van der Waals surface area (Å²) in [5.41, 5.74) is 3.15. The second-order valence-corrected chi connectivity index (χ2v) is 7.74. The van der Waals surface area contributed by atoms with Crippen molar-refractivity contribution in [3.05, 3.63) is 71.0 Å². The molecule has 0 aliphatic carbocycles. The maximum atomic E-state index is 13.9. The molecule has 0 radical (unpaired) electrons. The molecular weight excluding hydrogens is 417 g/mol. The molecule has 0 unspecified atom stereocenters. The number of aryl methyl sites for hydroxylation is 1. The Morgan fingerprint density at radius 2 is 1.77 bits per heavy atom. The molecule has 0 spiro atoms. The van der Waals surface area contributed by atoms with Crippen LogP contribution in [0.4, 0.5) is 20.7 Å². The first-order valence-electron chi connectivity index (χ1n) is 10.2. The monoisotopic (exact) mass is 439 g/mol. The van der Waals surface area contributed by atoms with Gasteiger partial charge in [-0.25, -0.2) is 9.18 Å². The molecule has 31 heavy (non-hydrogen) atoms. The average Bonchev–Trinajstić information content (AvgIpc) is 2.82. The van der Waals surface area contributed by atoms with Gasteiger partial charge in [-0.2, -0.15) is 0 Å². The van der Waals surface area contributed by atoms with Gasteiger partial charge in [0.15, 0.2) is 5.82 Å². The minimum Gasteiger partial charge on any atom is -0.352 e. The van der Waals surface area contributed by atoms with E-state index in [9.17, 15) is 9.18 Å². The van der Waals surface area contributed by atoms with Gasteiger partial charge in [0.25, 0.3) is 0 Å². The van der Waals surface area contributed by atoms with Gasteiger partial charge in [-0.3, -0.25) is 0 Å². The summed E-state index contributed by atoms with van der Waals surface area (Å²) < 4.78 is 13.9. The van der Waals surface area contributed by atoms with Gasteiger partial charge < -0.3 is 15.1 Å². The number of carbonyl (C=O) groups is 1. The summed E-state index contributed by atoms with van der Waals surface area (Å²) >= 11 is 5.99. The summed E-state index contributed by atoms with van der Waals surface area (Å²) in [5, 5.41) is 11.5. The van der Waals surface area contributed by atoms with E-state index in [1.165, 1.54) is 17.7 Å². The number of rotatable bonds is 4. The zero-order valence-electron chi connectivity index (χ0n) is 17.2. The van der Waals surface area contributed by atoms with E-state index < -0.39 is 5.82 Å². The van der Waals surface area contributed by atoms with Gasteiger partial charge in [-0.15, -0.1) is 10.2 Å². The lowest BCUT2D eigenvalue weighted by Gasteiger charge is -2.35. The summed E-state index contributed by atoms with van der Waals surface area (Å²) in [5.74, 6) is 0.213. The zero-order valence-corrected chi connectivity index (χ0v) is 17.9. The van der Waals surface area contributed by atoms with Gasteiger partial charge in [0.05, 0.1) is 16.4 Å². The van der Waals surface area contributed by atoms with E-state index >= 15 is 0 Å². The molecule has 6 nitrogen and oxygen atoms in total. The molecule has 1 aliphatic heterocycles. The summed E-state index contributed by atoms with van der Waals surface area (Å²) in [6, 6.07) is 16.2. The number of amides is 2. The smallest absolute Gasteiger partial charge is 0.322 e. The third-order valence-electron chi connectivity index (χ3n) is 5.39. The number of carbonyl (C=O) groups excluding carboxylic acids is 1. The molecule has 0 atom stereocenters. The number of urea groups is 1. The number of nitrogens with zero attached hydrogens (tertiary/aromatic N) is 4. The van der Waals surface area contributed by atoms with Crippen LogP contribution in [0.3, 0.4) is 0 Å². The van der Waals surface area contributed by atoms with Gasteiger partial charge in [0, 0.05) is 31.7 Å². The van der Waals surface area contributed by atoms with Crippen molar-refractivity contribution in [3.8, 4) is 11.3 Å². The highest BCUT2D eigenvalue weighted by molar-refractivity contribution is 6.33. The van der Waals surface area contributed by atoms with E-state index in [0.29, 0.717) is 26.2 Å². The van der Waals surface area contributed by atoms with Crippen LogP contribution in [-0.4, -0.2) is 47.3 Å². The van der Waals surface area contributed by atoms with Crippen LogP contribution < -0.4 is 10.2 Å². The van der Waals surface area contributed by atoms with Crippen LogP contribution in [0, 0.1) is 5.82 Å². The quantitative estimate of drug-likeness (QED) is 0.631. The third-order valence-corrected chi connectivity index (χ3v) is 5.71. The number of halogens is 2. The maximum Gasteiger partial charge on any atom is 0.322 e. The first-order valence-corrected chi connectivity index (χ1v) is 10.6. The van der Waals surface area contributed by atoms with Crippen molar-refractivity contribution < 1.29 is 9.18 Å². The van der Waals surface area contributed by atoms with Crippen LogP contribution in [0.5, 0.6) is 0 Å². The van der Waals surface area contributed by atoms with Gasteiger partial charge in [0.1, 0.15) is 5.82 Å². The Balaban J connectivity index is 1.35. The third kappa shape index (κ3) is 4.77. The molecule has 160 valence electrons. The molecule has 0 saturated carbocycles. The predicted octanol–water partition coefficient (Wildman–Crippen LogP) is 4.85. The van der Waals surface area contributed by atoms with Crippen molar-refractivity contribution in [3.63, 3.8) is 0 Å². The fourth-order valence-electron chi connectivity index (χ4n) is 3.50. The van der Waals surface area contributed by atoms with Crippen LogP contribution in [0.2, 0.25) is 5.02 Å². The van der Waals surface area contributed by atoms with E-state index in [2.05, 4.69) is 51.6 Å². The average molecular weight is 440 g/mol. The highest BCUT2D eigenvalue weighted by Gasteiger charge is 2.23. The van der Waals surface area contributed by atoms with Crippen LogP contribution in [-0.2, 0) is 6.42 Å². The second kappa shape index (κ2) is 9.31. The van der Waals surface area contributed by atoms with Crippen molar-refractivity contribution in [1.29, 1.82) is 0 Å². The predicted molar refractivity (Wildman–Crippen MR) is 121 cm³/mol. The number of hydrogen-bond acceptors (Lipinski definition) is 4. The first-order chi connectivity index (χ1) is 15.0. The Labute approximate surface area is 185 Å². The number of para-hydroxylation sites is 1. The highest BCUT2D eigenvalue weighted by atomic mass is 35.5. The molecule has 8 heteroatoms. The maximum absolute atomic E-state index is 13.9. The van der Waals surface area contributed by atoms with Crippen molar-refractivity contribution in [2.24, 2.45) is 0 Å². The molecule has 1 saturated heterocycles. The molecule has 2 aromatic carbocycles. The molecule has 2 amide bonds. The van der Waals surface area contributed by atoms with E-state index in [4.69, 9.17) is 11.6 Å². The molecule has 3 aromatic rings. The molecule has 4 rings (SSSR count). The number of piperazine rings is 1. The van der Waals surface area contributed by atoms with Crippen molar-refractivity contribution in [2.45, 2.75) is 13.3 Å². The molecule has 2 heterocycles. The first kappa shape index (κ1) is 21.1. The fourth-order valence-corrected chi connectivity index (χ4v) is 3.71. The zero-order chi connectivity index (χ0) is 21.8. The molecule has 1 fully saturated rings. The summed E-state index contributed by atoms with van der Waals surface area (Å²) in [6.45, 7) is 4.32. The lowest BCUT2D eigenvalue weighted by atomic mass is 10.1. The van der Waals surface area contributed by atoms with Crippen molar-refractivity contribution in [1.82, 2.24) is 15.1 Å².